The third-order valence-corrected chi connectivity index (χ3v) is 6.98. The van der Waals surface area contributed by atoms with Crippen LogP contribution in [0.5, 0.6) is 5.75 Å². The molecule has 18 heteroatoms. The largest absolute Gasteiger partial charge is 0.426 e. The minimum Gasteiger partial charge on any atom is -0.426 e. The molecule has 0 bridgehead atoms. The van der Waals surface area contributed by atoms with E-state index in [1.54, 1.807) is 30.3 Å². The van der Waals surface area contributed by atoms with Crippen molar-refractivity contribution in [3.63, 3.8) is 0 Å². The number of anilines is 2. The summed E-state index contributed by atoms with van der Waals surface area (Å²) in [5.41, 5.74) is -0.738. The van der Waals surface area contributed by atoms with Gasteiger partial charge in [-0.15, -0.1) is 0 Å². The number of hydrogen-bond donors (Lipinski definition) is 2. The van der Waals surface area contributed by atoms with Crippen LogP contribution in [0.15, 0.2) is 63.4 Å². The number of hydrogen-bond acceptors (Lipinski definition) is 11. The Morgan fingerprint density at radius 3 is 2.30 bits per heavy atom. The Balaban J connectivity index is 1.47. The number of imidazole rings is 1. The molecule has 3 heterocycles. The number of aromatic nitrogens is 7. The molecule has 5 aromatic rings. The standard InChI is InChI=1S/C28H22Cl2N10O6/c1-14(41)46-19-10-5-4-7-15(19)23(43)34-27-36-25(31-11-16-17(29)8-6-9-18(16)30)35-26(37-27)33-20(42)12-40-13-32-22-21(40)24(44)39(3)28(45)38(22)2/h4-11,13H,12H2,1-3H3,(H2,33,34,35,36,37,42,43). The zero-order valence-corrected chi connectivity index (χ0v) is 25.7. The van der Waals surface area contributed by atoms with Gasteiger partial charge in [-0.2, -0.15) is 15.0 Å². The number of carbonyl (C=O) groups excluding carboxylic acids is 3. The summed E-state index contributed by atoms with van der Waals surface area (Å²) in [5.74, 6) is -2.95. The quantitative estimate of drug-likeness (QED) is 0.141. The summed E-state index contributed by atoms with van der Waals surface area (Å²) in [6, 6.07) is 10.9. The Morgan fingerprint density at radius 1 is 0.935 bits per heavy atom. The molecular formula is C28H22Cl2N10O6. The lowest BCUT2D eigenvalue weighted by molar-refractivity contribution is -0.131. The average molecular weight is 665 g/mol. The highest BCUT2D eigenvalue weighted by Gasteiger charge is 2.19. The van der Waals surface area contributed by atoms with Crippen molar-refractivity contribution in [2.24, 2.45) is 19.1 Å². The van der Waals surface area contributed by atoms with Crippen molar-refractivity contribution in [3.8, 4) is 5.75 Å². The third kappa shape index (κ3) is 6.67. The first-order valence-corrected chi connectivity index (χ1v) is 13.9. The lowest BCUT2D eigenvalue weighted by atomic mass is 10.2. The minimum absolute atomic E-state index is 0.000403. The summed E-state index contributed by atoms with van der Waals surface area (Å²) in [7, 11) is 2.76. The fourth-order valence-electron chi connectivity index (χ4n) is 4.19. The molecule has 0 saturated heterocycles. The Labute approximate surface area is 268 Å². The first-order valence-electron chi connectivity index (χ1n) is 13.2. The Morgan fingerprint density at radius 2 is 1.61 bits per heavy atom. The van der Waals surface area contributed by atoms with Gasteiger partial charge in [0.2, 0.25) is 17.8 Å². The number of nitrogens with zero attached hydrogens (tertiary/aromatic N) is 8. The van der Waals surface area contributed by atoms with E-state index in [2.05, 4.69) is 35.6 Å². The summed E-state index contributed by atoms with van der Waals surface area (Å²) < 4.78 is 8.46. The van der Waals surface area contributed by atoms with E-state index >= 15 is 0 Å². The van der Waals surface area contributed by atoms with Crippen LogP contribution >= 0.6 is 23.2 Å². The first kappa shape index (κ1) is 31.7. The van der Waals surface area contributed by atoms with Gasteiger partial charge < -0.3 is 9.30 Å². The maximum atomic E-state index is 13.1. The van der Waals surface area contributed by atoms with Crippen molar-refractivity contribution in [1.82, 2.24) is 33.6 Å². The van der Waals surface area contributed by atoms with E-state index in [1.165, 1.54) is 54.8 Å². The molecule has 5 rings (SSSR count). The fraction of sp³-hybridized carbons (Fsp3) is 0.143. The fourth-order valence-corrected chi connectivity index (χ4v) is 4.69. The van der Waals surface area contributed by atoms with E-state index in [4.69, 9.17) is 27.9 Å². The minimum atomic E-state index is -0.740. The van der Waals surface area contributed by atoms with Crippen molar-refractivity contribution in [2.75, 3.05) is 10.6 Å². The molecule has 2 N–H and O–H groups in total. The highest BCUT2D eigenvalue weighted by atomic mass is 35.5. The van der Waals surface area contributed by atoms with Crippen LogP contribution in [0.25, 0.3) is 11.2 Å². The van der Waals surface area contributed by atoms with Crippen molar-refractivity contribution < 1.29 is 19.1 Å². The SMILES string of the molecule is CC(=O)Oc1ccccc1C(=O)Nc1nc(N=Cc2c(Cl)cccc2Cl)nc(NC(=O)Cn2cnc3c2c(=O)n(C)c(=O)n3C)n1. The van der Waals surface area contributed by atoms with Crippen LogP contribution in [-0.2, 0) is 30.2 Å². The lowest BCUT2D eigenvalue weighted by Gasteiger charge is -2.10. The Kier molecular flexibility index (Phi) is 9.01. The molecule has 0 radical (unpaired) electrons. The lowest BCUT2D eigenvalue weighted by Crippen LogP contribution is -2.37. The molecule has 0 aliphatic heterocycles. The maximum absolute atomic E-state index is 13.1. The maximum Gasteiger partial charge on any atom is 0.332 e. The molecule has 234 valence electrons. The number of aliphatic imine (C=N–C) groups is 1. The number of nitrogens with one attached hydrogen (secondary N) is 2. The van der Waals surface area contributed by atoms with Crippen LogP contribution in [-0.4, -0.2) is 57.6 Å². The van der Waals surface area contributed by atoms with Gasteiger partial charge >= 0.3 is 11.7 Å². The number of esters is 1. The van der Waals surface area contributed by atoms with Crippen molar-refractivity contribution >= 4 is 76.2 Å². The van der Waals surface area contributed by atoms with Crippen LogP contribution in [0.3, 0.4) is 0 Å². The van der Waals surface area contributed by atoms with E-state index in [9.17, 15) is 24.0 Å². The van der Waals surface area contributed by atoms with Crippen LogP contribution in [0.2, 0.25) is 10.0 Å². The second kappa shape index (κ2) is 13.1. The zero-order valence-electron chi connectivity index (χ0n) is 24.2. The molecule has 0 atom stereocenters. The van der Waals surface area contributed by atoms with Crippen LogP contribution in [0.1, 0.15) is 22.8 Å². The highest BCUT2D eigenvalue weighted by molar-refractivity contribution is 6.38. The molecule has 0 spiro atoms. The summed E-state index contributed by atoms with van der Waals surface area (Å²) in [5, 5.41) is 5.56. The molecule has 0 unspecified atom stereocenters. The van der Waals surface area contributed by atoms with Gasteiger partial charge in [0.25, 0.3) is 17.4 Å². The molecule has 3 aromatic heterocycles. The second-order valence-electron chi connectivity index (χ2n) is 9.52. The summed E-state index contributed by atoms with van der Waals surface area (Å²) in [4.78, 5) is 83.5. The van der Waals surface area contributed by atoms with Gasteiger partial charge in [0, 0.05) is 32.8 Å². The Bertz CT molecular complexity index is 2170. The molecule has 0 aliphatic carbocycles. The third-order valence-electron chi connectivity index (χ3n) is 6.33. The number of aryl methyl sites for hydroxylation is 1. The van der Waals surface area contributed by atoms with Gasteiger partial charge in [-0.05, 0) is 24.3 Å². The van der Waals surface area contributed by atoms with Crippen LogP contribution < -0.4 is 26.6 Å². The van der Waals surface area contributed by atoms with Gasteiger partial charge in [0.1, 0.15) is 12.3 Å². The number of ether oxygens (including phenoxy) is 1. The highest BCUT2D eigenvalue weighted by Crippen LogP contribution is 2.24. The van der Waals surface area contributed by atoms with E-state index in [0.29, 0.717) is 15.6 Å². The van der Waals surface area contributed by atoms with Crippen LogP contribution in [0.4, 0.5) is 17.8 Å². The van der Waals surface area contributed by atoms with E-state index in [-0.39, 0.29) is 40.3 Å². The van der Waals surface area contributed by atoms with Gasteiger partial charge in [0.05, 0.1) is 21.9 Å². The van der Waals surface area contributed by atoms with Gasteiger partial charge in [-0.3, -0.25) is 38.9 Å². The predicted octanol–water partition coefficient (Wildman–Crippen LogP) is 2.49. The van der Waals surface area contributed by atoms with Crippen molar-refractivity contribution in [2.45, 2.75) is 13.5 Å². The molecule has 2 amide bonds. The number of rotatable bonds is 8. The number of amides is 2. The average Bonchev–Trinajstić information content (AvgIpc) is 3.42. The number of benzene rings is 2. The van der Waals surface area contributed by atoms with Crippen molar-refractivity contribution in [1.29, 1.82) is 0 Å². The van der Waals surface area contributed by atoms with Crippen molar-refractivity contribution in [3.05, 3.63) is 90.8 Å². The smallest absolute Gasteiger partial charge is 0.332 e. The monoisotopic (exact) mass is 664 g/mol. The van der Waals surface area contributed by atoms with Gasteiger partial charge in [0.15, 0.2) is 11.2 Å². The number of carbonyl (C=O) groups is 3. The molecule has 0 aliphatic rings. The summed E-state index contributed by atoms with van der Waals surface area (Å²) in [6.45, 7) is 0.775. The first-order chi connectivity index (χ1) is 21.9. The molecule has 0 saturated carbocycles. The summed E-state index contributed by atoms with van der Waals surface area (Å²) >= 11 is 12.5. The van der Waals surface area contributed by atoms with E-state index in [0.717, 1.165) is 4.57 Å². The zero-order chi connectivity index (χ0) is 33.1. The normalized spacial score (nSPS) is 11.2. The number of fused-ring (bicyclic) bond motifs is 1. The summed E-state index contributed by atoms with van der Waals surface area (Å²) in [6.07, 6.45) is 2.54. The van der Waals surface area contributed by atoms with Crippen LogP contribution in [0, 0.1) is 0 Å². The van der Waals surface area contributed by atoms with E-state index in [1.807, 2.05) is 0 Å². The topological polar surface area (TPSA) is 197 Å². The molecule has 2 aromatic carbocycles. The predicted molar refractivity (Wildman–Crippen MR) is 168 cm³/mol. The van der Waals surface area contributed by atoms with Gasteiger partial charge in [-0.25, -0.2) is 14.8 Å². The van der Waals surface area contributed by atoms with E-state index < -0.39 is 35.6 Å². The molecule has 16 nitrogen and oxygen atoms in total. The number of para-hydroxylation sites is 1. The number of halogens is 2. The second-order valence-corrected chi connectivity index (χ2v) is 10.3. The van der Waals surface area contributed by atoms with Gasteiger partial charge in [-0.1, -0.05) is 41.4 Å². The molecule has 0 fully saturated rings. The molecule has 46 heavy (non-hydrogen) atoms. The Hall–Kier alpha value is -5.74. The molecular weight excluding hydrogens is 643 g/mol.